The van der Waals surface area contributed by atoms with Crippen molar-refractivity contribution in [2.24, 2.45) is 5.41 Å². The van der Waals surface area contributed by atoms with Crippen LogP contribution < -0.4 is 0 Å². The van der Waals surface area contributed by atoms with Gasteiger partial charge >= 0.3 is 6.09 Å². The van der Waals surface area contributed by atoms with Gasteiger partial charge in [-0.3, -0.25) is 4.79 Å². The van der Waals surface area contributed by atoms with Crippen LogP contribution in [0.15, 0.2) is 12.4 Å². The van der Waals surface area contributed by atoms with Crippen molar-refractivity contribution in [3.05, 3.63) is 18.2 Å². The second-order valence-corrected chi connectivity index (χ2v) is 10.7. The molecule has 1 spiro atoms. The van der Waals surface area contributed by atoms with Gasteiger partial charge in [0.15, 0.2) is 0 Å². The van der Waals surface area contributed by atoms with Gasteiger partial charge in [-0.25, -0.2) is 9.78 Å². The number of carbonyl (C=O) groups is 2. The fraction of sp³-hybridized carbons (Fsp3) is 0.773. The monoisotopic (exact) mass is 436 g/mol. The van der Waals surface area contributed by atoms with Crippen molar-refractivity contribution in [2.75, 3.05) is 19.3 Å². The number of aryl methyl sites for hydroxylation is 1. The number of hydrogen-bond acceptors (Lipinski definition) is 5. The predicted octanol–water partition coefficient (Wildman–Crippen LogP) is 3.77. The lowest BCUT2D eigenvalue weighted by Crippen LogP contribution is -2.45. The molecule has 2 heterocycles. The lowest BCUT2D eigenvalue weighted by Gasteiger charge is -2.36. The number of amides is 2. The van der Waals surface area contributed by atoms with Crippen molar-refractivity contribution in [1.82, 2.24) is 19.4 Å². The van der Waals surface area contributed by atoms with Crippen molar-refractivity contribution in [3.8, 4) is 0 Å². The Labute approximate surface area is 184 Å². The minimum Gasteiger partial charge on any atom is -0.444 e. The molecule has 1 saturated carbocycles. The first-order valence-electron chi connectivity index (χ1n) is 10.9. The van der Waals surface area contributed by atoms with Crippen LogP contribution in [0.2, 0.25) is 0 Å². The Bertz CT molecular complexity index is 765. The van der Waals surface area contributed by atoms with Crippen LogP contribution >= 0.6 is 11.8 Å². The molecule has 30 heavy (non-hydrogen) atoms. The van der Waals surface area contributed by atoms with Crippen molar-refractivity contribution >= 4 is 23.8 Å². The first-order valence-corrected chi connectivity index (χ1v) is 12.2. The average Bonchev–Trinajstić information content (AvgIpc) is 3.18. The Kier molecular flexibility index (Phi) is 6.75. The highest BCUT2D eigenvalue weighted by atomic mass is 32.2. The zero-order chi connectivity index (χ0) is 22.1. The molecule has 0 bridgehead atoms. The van der Waals surface area contributed by atoms with Gasteiger partial charge in [-0.2, -0.15) is 11.8 Å². The Balaban J connectivity index is 1.68. The predicted molar refractivity (Wildman–Crippen MR) is 119 cm³/mol. The minimum absolute atomic E-state index is 0.0745. The Morgan fingerprint density at radius 1 is 1.37 bits per heavy atom. The van der Waals surface area contributed by atoms with E-state index >= 15 is 0 Å². The molecule has 3 rings (SSSR count). The van der Waals surface area contributed by atoms with Crippen LogP contribution in [0.4, 0.5) is 4.79 Å². The first kappa shape index (κ1) is 23.0. The number of hydrogen-bond donors (Lipinski definition) is 0. The molecule has 7 nitrogen and oxygen atoms in total. The summed E-state index contributed by atoms with van der Waals surface area (Å²) in [6, 6.07) is 0.224. The summed E-state index contributed by atoms with van der Waals surface area (Å²) < 4.78 is 7.63. The van der Waals surface area contributed by atoms with Crippen LogP contribution in [0.3, 0.4) is 0 Å². The van der Waals surface area contributed by atoms with Crippen LogP contribution in [0.25, 0.3) is 0 Å². The molecule has 2 atom stereocenters. The standard InChI is InChI=1S/C22H36N4O3S/c1-7-24-13-10-23-18(24)15-26(19(27)16(2)30-6)17-14-22(17)8-11-25(12-9-22)20(28)29-21(3,4)5/h10,13,16-17H,7-9,11-12,14-15H2,1-6H3/t16-,17+/m0/s1. The van der Waals surface area contributed by atoms with E-state index in [4.69, 9.17) is 4.74 Å². The van der Waals surface area contributed by atoms with E-state index in [0.29, 0.717) is 19.6 Å². The Hall–Kier alpha value is -1.70. The highest BCUT2D eigenvalue weighted by Gasteiger charge is 2.59. The third-order valence-corrected chi connectivity index (χ3v) is 7.28. The van der Waals surface area contributed by atoms with Gasteiger partial charge in [-0.05, 0) is 65.6 Å². The van der Waals surface area contributed by atoms with Crippen LogP contribution in [0, 0.1) is 5.41 Å². The number of ether oxygens (including phenoxy) is 1. The molecule has 168 valence electrons. The summed E-state index contributed by atoms with van der Waals surface area (Å²) in [5.74, 6) is 1.12. The summed E-state index contributed by atoms with van der Waals surface area (Å²) in [5, 5.41) is -0.0745. The maximum Gasteiger partial charge on any atom is 0.410 e. The Morgan fingerprint density at radius 2 is 2.03 bits per heavy atom. The minimum atomic E-state index is -0.479. The first-order chi connectivity index (χ1) is 14.1. The number of aromatic nitrogens is 2. The van der Waals surface area contributed by atoms with E-state index < -0.39 is 5.60 Å². The summed E-state index contributed by atoms with van der Waals surface area (Å²) in [6.45, 7) is 12.5. The van der Waals surface area contributed by atoms with Crippen molar-refractivity contribution in [1.29, 1.82) is 0 Å². The summed E-state index contributed by atoms with van der Waals surface area (Å²) in [5.41, 5.74) is -0.358. The van der Waals surface area contributed by atoms with Gasteiger partial charge in [0.25, 0.3) is 0 Å². The second-order valence-electron chi connectivity index (χ2n) is 9.52. The van der Waals surface area contributed by atoms with E-state index in [-0.39, 0.29) is 28.7 Å². The van der Waals surface area contributed by atoms with Gasteiger partial charge in [0, 0.05) is 38.1 Å². The molecule has 0 radical (unpaired) electrons. The summed E-state index contributed by atoms with van der Waals surface area (Å²) in [7, 11) is 0. The normalized spacial score (nSPS) is 21.4. The van der Waals surface area contributed by atoms with Crippen molar-refractivity contribution in [3.63, 3.8) is 0 Å². The number of rotatable bonds is 6. The highest BCUT2D eigenvalue weighted by molar-refractivity contribution is 7.99. The third kappa shape index (κ3) is 4.95. The molecule has 1 aliphatic carbocycles. The molecule has 2 fully saturated rings. The summed E-state index contributed by atoms with van der Waals surface area (Å²) in [4.78, 5) is 34.0. The number of imidazole rings is 1. The van der Waals surface area contributed by atoms with Gasteiger partial charge in [-0.15, -0.1) is 0 Å². The van der Waals surface area contributed by atoms with Crippen molar-refractivity contribution < 1.29 is 14.3 Å². The van der Waals surface area contributed by atoms with Gasteiger partial charge in [-0.1, -0.05) is 0 Å². The fourth-order valence-corrected chi connectivity index (χ4v) is 4.71. The van der Waals surface area contributed by atoms with Crippen LogP contribution in [0.5, 0.6) is 0 Å². The Morgan fingerprint density at radius 3 is 2.60 bits per heavy atom. The molecule has 2 amide bonds. The molecule has 1 aromatic heterocycles. The molecule has 8 heteroatoms. The average molecular weight is 437 g/mol. The van der Waals surface area contributed by atoms with Gasteiger partial charge in [0.2, 0.25) is 5.91 Å². The largest absolute Gasteiger partial charge is 0.444 e. The quantitative estimate of drug-likeness (QED) is 0.679. The van der Waals surface area contributed by atoms with E-state index in [1.807, 2.05) is 51.2 Å². The number of likely N-dealkylation sites (tertiary alicyclic amines) is 1. The topological polar surface area (TPSA) is 67.7 Å². The van der Waals surface area contributed by atoms with E-state index in [2.05, 4.69) is 21.4 Å². The smallest absolute Gasteiger partial charge is 0.410 e. The third-order valence-electron chi connectivity index (χ3n) is 6.37. The lowest BCUT2D eigenvalue weighted by atomic mass is 9.92. The maximum absolute atomic E-state index is 13.2. The van der Waals surface area contributed by atoms with Crippen LogP contribution in [0.1, 0.15) is 59.7 Å². The molecule has 1 aliphatic heterocycles. The molecule has 1 saturated heterocycles. The lowest BCUT2D eigenvalue weighted by molar-refractivity contribution is -0.132. The SMILES string of the molecule is CCn1ccnc1CN(C(=O)[C@H](C)SC)[C@@H]1CC12CCN(C(=O)OC(C)(C)C)CC2. The number of piperidine rings is 1. The molecule has 2 aliphatic rings. The second kappa shape index (κ2) is 8.81. The van der Waals surface area contributed by atoms with Crippen molar-refractivity contribution in [2.45, 2.75) is 83.9 Å². The molecule has 1 aromatic rings. The fourth-order valence-electron chi connectivity index (χ4n) is 4.37. The number of carbonyl (C=O) groups excluding carboxylic acids is 2. The van der Waals surface area contributed by atoms with E-state index in [0.717, 1.165) is 31.6 Å². The molecule has 0 aromatic carbocycles. The van der Waals surface area contributed by atoms with E-state index in [9.17, 15) is 9.59 Å². The zero-order valence-corrected chi connectivity index (χ0v) is 20.0. The highest BCUT2D eigenvalue weighted by Crippen LogP contribution is 2.57. The zero-order valence-electron chi connectivity index (χ0n) is 19.2. The molecule has 0 unspecified atom stereocenters. The molecular formula is C22H36N4O3S. The summed E-state index contributed by atoms with van der Waals surface area (Å²) >= 11 is 1.59. The molecular weight excluding hydrogens is 400 g/mol. The van der Waals surface area contributed by atoms with Gasteiger partial charge in [0.05, 0.1) is 11.8 Å². The number of thioether (sulfide) groups is 1. The van der Waals surface area contributed by atoms with Gasteiger partial charge in [0.1, 0.15) is 11.4 Å². The van der Waals surface area contributed by atoms with Crippen LogP contribution in [-0.2, 0) is 22.6 Å². The van der Waals surface area contributed by atoms with E-state index in [1.165, 1.54) is 0 Å². The summed E-state index contributed by atoms with van der Waals surface area (Å²) in [6.07, 6.45) is 8.36. The number of nitrogens with zero attached hydrogens (tertiary/aromatic N) is 4. The maximum atomic E-state index is 13.2. The van der Waals surface area contributed by atoms with Crippen LogP contribution in [-0.4, -0.2) is 67.6 Å². The molecule has 0 N–H and O–H groups in total. The van der Waals surface area contributed by atoms with Gasteiger partial charge < -0.3 is 19.1 Å². The van der Waals surface area contributed by atoms with E-state index in [1.54, 1.807) is 11.8 Å².